The summed E-state index contributed by atoms with van der Waals surface area (Å²) in [5.74, 6) is -4.16. The number of ether oxygens (including phenoxy) is 14. The van der Waals surface area contributed by atoms with Crippen molar-refractivity contribution >= 4 is 63.9 Å². The van der Waals surface area contributed by atoms with Crippen LogP contribution in [0.5, 0.6) is 0 Å². The van der Waals surface area contributed by atoms with Crippen molar-refractivity contribution in [3.8, 4) is 0 Å². The van der Waals surface area contributed by atoms with Crippen LogP contribution in [0.4, 0.5) is 29.1 Å². The zero-order valence-electron chi connectivity index (χ0n) is 65.9. The fraction of sp³-hybridized carbons (Fsp3) is 0.642. The Morgan fingerprint density at radius 2 is 0.672 bits per heavy atom. The number of nitrogens with one attached hydrogen (secondary N) is 2. The zero-order chi connectivity index (χ0) is 88.8. The summed E-state index contributed by atoms with van der Waals surface area (Å²) < 4.78 is 116. The van der Waals surface area contributed by atoms with Gasteiger partial charge in [0.15, 0.2) is 60.1 Å². The molecule has 5 aromatic rings. The molecule has 0 spiro atoms. The fourth-order valence-electron chi connectivity index (χ4n) is 12.5. The van der Waals surface area contributed by atoms with E-state index in [9.17, 15) is 63.9 Å². The van der Waals surface area contributed by atoms with Gasteiger partial charge in [-0.05, 0) is 71.9 Å². The summed E-state index contributed by atoms with van der Waals surface area (Å²) >= 11 is 0. The fourth-order valence-corrected chi connectivity index (χ4v) is 12.5. The first-order valence-corrected chi connectivity index (χ1v) is 37.6. The van der Waals surface area contributed by atoms with Gasteiger partial charge in [0, 0.05) is 31.0 Å². The minimum Gasteiger partial charge on any atom is -0.483 e. The molecule has 5 aromatic heterocycles. The first kappa shape index (κ1) is 96.5. The van der Waals surface area contributed by atoms with E-state index in [2.05, 4.69) is 24.9 Å². The average Bonchev–Trinajstić information content (AvgIpc) is 1.61. The van der Waals surface area contributed by atoms with Crippen molar-refractivity contribution in [1.82, 2.24) is 47.8 Å². The number of fused-ring (bicyclic) bond motifs is 3. The highest BCUT2D eigenvalue weighted by Crippen LogP contribution is 2.46. The van der Waals surface area contributed by atoms with Gasteiger partial charge in [0.1, 0.15) is 129 Å². The van der Waals surface area contributed by atoms with Crippen molar-refractivity contribution in [3.63, 3.8) is 0 Å². The second-order valence-corrected chi connectivity index (χ2v) is 30.0. The zero-order valence-corrected chi connectivity index (χ0v) is 66.7. The monoisotopic (exact) mass is 1720 g/mol. The van der Waals surface area contributed by atoms with Crippen LogP contribution in [0.1, 0.15) is 114 Å². The number of nitrogen functional groups attached to an aromatic ring is 3. The van der Waals surface area contributed by atoms with E-state index in [4.69, 9.17) is 126 Å². The molecule has 0 unspecified atom stereocenters. The Balaban J connectivity index is 0.000000201. The molecule has 0 aromatic carbocycles. The number of rotatable bonds is 18. The second kappa shape index (κ2) is 41.1. The number of carbonyl (C=O) groups is 4. The molecule has 52 heteroatoms. The lowest BCUT2D eigenvalue weighted by molar-refractivity contribution is -0.203. The predicted octanol–water partition coefficient (Wildman–Crippen LogP) is -4.31. The maximum Gasteiger partial charge on any atom is 0.394 e. The summed E-state index contributed by atoms with van der Waals surface area (Å²) in [5.41, 5.74) is 16.7. The maximum atomic E-state index is 12.2. The highest BCUT2D eigenvalue weighted by atomic mass is 32.3. The Bertz CT molecular complexity index is 4680. The molecule has 119 heavy (non-hydrogen) atoms. The number of carbonyl (C=O) groups excluding carboxylic acids is 3. The Morgan fingerprint density at radius 1 is 0.437 bits per heavy atom. The molecule has 0 saturated carbocycles. The molecule has 0 radical (unpaired) electrons. The lowest BCUT2D eigenvalue weighted by Crippen LogP contribution is -2.36. The highest BCUT2D eigenvalue weighted by molar-refractivity contribution is 7.79. The van der Waals surface area contributed by atoms with Crippen LogP contribution in [0.3, 0.4) is 0 Å². The van der Waals surface area contributed by atoms with E-state index in [1.807, 2.05) is 5.48 Å². The largest absolute Gasteiger partial charge is 0.483 e. The third-order valence-corrected chi connectivity index (χ3v) is 17.8. The van der Waals surface area contributed by atoms with Gasteiger partial charge >= 0.3 is 56.8 Å². The van der Waals surface area contributed by atoms with Gasteiger partial charge in [-0.1, -0.05) is 41.5 Å². The van der Waals surface area contributed by atoms with E-state index in [0.29, 0.717) is 0 Å². The quantitative estimate of drug-likeness (QED) is 0.0130. The molecule has 0 amide bonds. The Morgan fingerprint density at radius 3 is 0.941 bits per heavy atom. The van der Waals surface area contributed by atoms with E-state index < -0.39 is 191 Å². The number of aliphatic hydroxyl groups excluding tert-OH is 6. The van der Waals surface area contributed by atoms with Gasteiger partial charge in [-0.2, -0.15) is 33.3 Å². The molecule has 664 valence electrons. The molecule has 8 fully saturated rings. The maximum absolute atomic E-state index is 12.2. The lowest BCUT2D eigenvalue weighted by Gasteiger charge is -2.24. The number of aromatic nitrogens is 10. The third-order valence-electron chi connectivity index (χ3n) is 17.8. The second-order valence-electron chi connectivity index (χ2n) is 29.1. The number of nitrogens with two attached hydrogens (primary N) is 3. The van der Waals surface area contributed by atoms with Gasteiger partial charge < -0.3 is 119 Å². The van der Waals surface area contributed by atoms with Gasteiger partial charge in [0.25, 0.3) is 6.47 Å². The number of carboxylic acid groups (broad SMARTS) is 1. The van der Waals surface area contributed by atoms with Crippen LogP contribution in [-0.2, 0) is 95.9 Å². The Kier molecular flexibility index (Phi) is 33.3. The van der Waals surface area contributed by atoms with Crippen molar-refractivity contribution in [2.24, 2.45) is 17.8 Å². The summed E-state index contributed by atoms with van der Waals surface area (Å²) in [6, 6.07) is 7.10. The van der Waals surface area contributed by atoms with Gasteiger partial charge in [-0.25, -0.2) is 24.0 Å². The summed E-state index contributed by atoms with van der Waals surface area (Å²) in [6.07, 6.45) is -9.35. The van der Waals surface area contributed by atoms with Gasteiger partial charge in [-0.3, -0.25) is 72.5 Å². The van der Waals surface area contributed by atoms with Gasteiger partial charge in [0.2, 0.25) is 0 Å². The van der Waals surface area contributed by atoms with Crippen LogP contribution in [0.15, 0.2) is 85.3 Å². The van der Waals surface area contributed by atoms with Crippen LogP contribution in [-0.4, -0.2) is 278 Å². The Labute approximate surface area is 674 Å². The van der Waals surface area contributed by atoms with Crippen LogP contribution in [0, 0.1) is 17.8 Å². The number of esters is 3. The van der Waals surface area contributed by atoms with E-state index in [0.717, 1.165) is 9.13 Å². The normalized spacial score (nSPS) is 29.3. The lowest BCUT2D eigenvalue weighted by atomic mass is 10.1. The summed E-state index contributed by atoms with van der Waals surface area (Å²) in [4.78, 5) is 121. The molecule has 8 aliphatic heterocycles. The summed E-state index contributed by atoms with van der Waals surface area (Å²) in [7, 11) is -4.67. The van der Waals surface area contributed by atoms with Crippen LogP contribution >= 0.6 is 0 Å². The van der Waals surface area contributed by atoms with E-state index >= 15 is 0 Å². The smallest absolute Gasteiger partial charge is 0.394 e. The van der Waals surface area contributed by atoms with E-state index in [1.165, 1.54) is 75.0 Å². The molecular formula is C67H99N15O36S. The molecular weight excluding hydrogens is 1620 g/mol. The molecule has 8 aliphatic rings. The number of anilines is 5. The molecule has 51 nitrogen and oxygen atoms in total. The SMILES string of the molecule is CC(C)C(=O)OC[C@H]1O[C@@H](n2ccc(N)nc2=O)[C@@H]2OC(C)(C)O[C@@H]21.CC(C)C(=O)OC[C@H]1O[C@@H](n2ccc(NO)nc2=O)[C@@H]2OC(C)(C)O[C@@H]21.CC(C)C(=O)OC[C@H]1O[C@@H](n2ccc(NO)nc2=O)[C@H](O)[C@@H]1O.CC1(C)O[C@@H]2[C@H](O1)[C@@H](CO)O[C@H]2n1ccc(N)nc1=O.Nc1ccn([C@@H]2O[C@H](CO)[C@@H](O)[C@H]2O)c(=O)n1.O=CO.O=S(=O)(O)O. The van der Waals surface area contributed by atoms with Crippen LogP contribution in [0.2, 0.25) is 0 Å². The molecule has 0 bridgehead atoms. The minimum absolute atomic E-state index is 0.00736. The van der Waals surface area contributed by atoms with Crippen molar-refractivity contribution in [2.75, 3.05) is 61.2 Å². The average molecular weight is 1720 g/mol. The highest BCUT2D eigenvalue weighted by Gasteiger charge is 2.59. The molecule has 0 aliphatic carbocycles. The van der Waals surface area contributed by atoms with Gasteiger partial charge in [-0.15, -0.1) is 0 Å². The van der Waals surface area contributed by atoms with Crippen LogP contribution < -0.4 is 56.6 Å². The molecule has 8 saturated heterocycles. The number of hydrogen-bond acceptors (Lipinski definition) is 43. The van der Waals surface area contributed by atoms with Crippen LogP contribution in [0.25, 0.3) is 0 Å². The molecule has 13 rings (SSSR count). The van der Waals surface area contributed by atoms with Crippen molar-refractivity contribution in [2.45, 2.75) is 223 Å². The van der Waals surface area contributed by atoms with E-state index in [-0.39, 0.29) is 91.7 Å². The predicted molar refractivity (Wildman–Crippen MR) is 396 cm³/mol. The standard InChI is InChI=1S/C16H23N3O7.C16H23N3O6.C13H19N3O7.C12H17N3O5.C9H13N3O5.CH2O2.H2O4S/c1-8(2)14(20)23-7-9-11-12(26-16(3,4)25-11)13(24-9)19-6-5-10(18-22)17-15(19)21;1-8(2)14(20)22-7-9-11-12(25-16(3,4)24-11)13(23-9)19-6-5-10(17)18-15(19)21;1-6(2)12(19)22-5-7-9(17)10(18)11(23-7)16-4-3-8(15-21)14-13(16)20;1-12(2)19-8-6(5-16)18-10(9(8)20-12)15-4-3-7(13)14-11(15)17;10-5-1-2-12(9(16)11-5)8-7(15)6(14)4(3-13)17-8;2-1-3;1-5(2,3)4/h5-6,8-9,11-13,22H,7H2,1-4H3,(H,17,18,21);5-6,8-9,11-13H,7H2,1-4H3,(H2,17,18,21);3-4,6-7,9-11,17-18,21H,5H2,1-2H3,(H,14,15,20);3-4,6,8-10,16H,5H2,1-2H3,(H2,13,14,17);1-2,4,6-8,13-15H,3H2,(H2,10,11,16);1H,(H,2,3);(H2,1,2,3,4)/t2*9-,11-,12-,13-;7-,9-,10-,11-;6-,8-,9-,10-;4-,6-,7-,8-;;/m11111../s1. The number of hydrogen-bond donors (Lipinski definition) is 16. The minimum atomic E-state index is -4.67. The van der Waals surface area contributed by atoms with E-state index in [1.54, 1.807) is 88.6 Å². The first-order chi connectivity index (χ1) is 55.6. The molecule has 19 N–H and O–H groups in total. The van der Waals surface area contributed by atoms with Crippen molar-refractivity contribution in [3.05, 3.63) is 114 Å². The van der Waals surface area contributed by atoms with Gasteiger partial charge in [0.05, 0.1) is 31.0 Å². The summed E-state index contributed by atoms with van der Waals surface area (Å²) in [5, 5.41) is 82.0. The van der Waals surface area contributed by atoms with Crippen molar-refractivity contribution in [1.29, 1.82) is 0 Å². The van der Waals surface area contributed by atoms with Crippen molar-refractivity contribution < 1.29 is 149 Å². The summed E-state index contributed by atoms with van der Waals surface area (Å²) in [6.45, 7) is 19.8. The third kappa shape index (κ3) is 25.3. The molecule has 13 heterocycles. The Hall–Kier alpha value is -9.61. The molecule has 20 atom stereocenters. The topological polar surface area (TPSA) is 731 Å². The first-order valence-electron chi connectivity index (χ1n) is 36.2. The number of aliphatic hydroxyl groups is 6. The number of nitrogens with zero attached hydrogens (tertiary/aromatic N) is 10.